The molecule has 4 atom stereocenters. The first kappa shape index (κ1) is 20.0. The average molecular weight is 432 g/mol. The lowest BCUT2D eigenvalue weighted by Gasteiger charge is -2.17. The Morgan fingerprint density at radius 2 is 1.53 bits per heavy atom. The van der Waals surface area contributed by atoms with Crippen molar-refractivity contribution in [2.75, 3.05) is 16.8 Å². The van der Waals surface area contributed by atoms with Crippen LogP contribution in [0.15, 0.2) is 60.7 Å². The fourth-order valence-corrected chi connectivity index (χ4v) is 4.90. The summed E-state index contributed by atoms with van der Waals surface area (Å²) in [6.07, 6.45) is 4.99. The number of aliphatic carboxylic acids is 1. The molecular formula is C24H20N2O6. The molecule has 4 unspecified atom stereocenters. The third-order valence-corrected chi connectivity index (χ3v) is 6.33. The van der Waals surface area contributed by atoms with E-state index in [9.17, 15) is 19.2 Å². The number of carboxylic acid groups (broad SMARTS) is 1. The van der Waals surface area contributed by atoms with E-state index in [-0.39, 0.29) is 41.4 Å². The number of rotatable bonds is 6. The highest BCUT2D eigenvalue weighted by atomic mass is 16.5. The van der Waals surface area contributed by atoms with Gasteiger partial charge in [-0.3, -0.25) is 19.3 Å². The topological polar surface area (TPSA) is 113 Å². The van der Waals surface area contributed by atoms with Gasteiger partial charge < -0.3 is 15.2 Å². The quantitative estimate of drug-likeness (QED) is 0.536. The van der Waals surface area contributed by atoms with E-state index < -0.39 is 12.6 Å². The summed E-state index contributed by atoms with van der Waals surface area (Å²) in [5.41, 5.74) is 1.37. The van der Waals surface area contributed by atoms with Gasteiger partial charge in [0.25, 0.3) is 5.91 Å². The second kappa shape index (κ2) is 7.64. The Hall–Kier alpha value is -3.94. The van der Waals surface area contributed by atoms with Crippen LogP contribution in [0.4, 0.5) is 11.4 Å². The Balaban J connectivity index is 1.25. The number of hydrogen-bond acceptors (Lipinski definition) is 5. The van der Waals surface area contributed by atoms with Crippen molar-refractivity contribution in [3.63, 3.8) is 0 Å². The third kappa shape index (κ3) is 3.33. The number of amides is 3. The molecular weight excluding hydrogens is 412 g/mol. The zero-order valence-corrected chi connectivity index (χ0v) is 16.9. The Morgan fingerprint density at radius 1 is 0.938 bits per heavy atom. The summed E-state index contributed by atoms with van der Waals surface area (Å²) >= 11 is 0. The zero-order valence-electron chi connectivity index (χ0n) is 16.9. The number of benzene rings is 2. The summed E-state index contributed by atoms with van der Waals surface area (Å²) in [6, 6.07) is 12.7. The fraction of sp³-hybridized carbons (Fsp3) is 0.250. The first-order chi connectivity index (χ1) is 15.4. The van der Waals surface area contributed by atoms with Crippen LogP contribution in [0.2, 0.25) is 0 Å². The summed E-state index contributed by atoms with van der Waals surface area (Å²) in [6.45, 7) is -0.445. The van der Waals surface area contributed by atoms with Crippen molar-refractivity contribution >= 4 is 35.1 Å². The van der Waals surface area contributed by atoms with E-state index in [0.717, 1.165) is 6.42 Å². The highest BCUT2D eigenvalue weighted by Gasteiger charge is 2.59. The molecule has 1 saturated carbocycles. The van der Waals surface area contributed by atoms with E-state index in [0.29, 0.717) is 22.7 Å². The lowest BCUT2D eigenvalue weighted by molar-refractivity contribution is -0.139. The number of carboxylic acids is 1. The molecule has 0 radical (unpaired) electrons. The lowest BCUT2D eigenvalue weighted by Crippen LogP contribution is -2.32. The number of fused-ring (bicyclic) bond motifs is 5. The van der Waals surface area contributed by atoms with Gasteiger partial charge in [0.2, 0.25) is 11.8 Å². The summed E-state index contributed by atoms with van der Waals surface area (Å²) in [4.78, 5) is 50.2. The molecule has 8 nitrogen and oxygen atoms in total. The Labute approximate surface area is 183 Å². The van der Waals surface area contributed by atoms with E-state index in [1.807, 2.05) is 0 Å². The highest BCUT2D eigenvalue weighted by Crippen LogP contribution is 2.53. The zero-order chi connectivity index (χ0) is 22.4. The molecule has 2 aliphatic carbocycles. The predicted octanol–water partition coefficient (Wildman–Crippen LogP) is 2.71. The molecule has 1 aliphatic heterocycles. The molecule has 2 aromatic carbocycles. The van der Waals surface area contributed by atoms with Crippen molar-refractivity contribution in [2.45, 2.75) is 6.42 Å². The van der Waals surface area contributed by atoms with Crippen LogP contribution < -0.4 is 15.0 Å². The molecule has 2 bridgehead atoms. The molecule has 32 heavy (non-hydrogen) atoms. The maximum Gasteiger partial charge on any atom is 0.341 e. The molecule has 8 heteroatoms. The molecule has 3 aliphatic rings. The minimum absolute atomic E-state index is 0.150. The highest BCUT2D eigenvalue weighted by molar-refractivity contribution is 6.23. The molecule has 162 valence electrons. The predicted molar refractivity (Wildman–Crippen MR) is 114 cm³/mol. The first-order valence-corrected chi connectivity index (χ1v) is 10.3. The van der Waals surface area contributed by atoms with Crippen LogP contribution in [0.25, 0.3) is 0 Å². The second-order valence-electron chi connectivity index (χ2n) is 8.22. The van der Waals surface area contributed by atoms with Crippen LogP contribution in [0.5, 0.6) is 5.75 Å². The van der Waals surface area contributed by atoms with Crippen molar-refractivity contribution in [3.05, 3.63) is 66.2 Å². The van der Waals surface area contributed by atoms with E-state index in [1.54, 1.807) is 48.5 Å². The van der Waals surface area contributed by atoms with Gasteiger partial charge in [-0.2, -0.15) is 0 Å². The number of ether oxygens (including phenoxy) is 1. The maximum atomic E-state index is 12.9. The minimum Gasteiger partial charge on any atom is -0.482 e. The van der Waals surface area contributed by atoms with Crippen LogP contribution in [0.1, 0.15) is 16.8 Å². The van der Waals surface area contributed by atoms with E-state index in [2.05, 4.69) is 17.5 Å². The second-order valence-corrected chi connectivity index (χ2v) is 8.22. The summed E-state index contributed by atoms with van der Waals surface area (Å²) in [5, 5.41) is 11.4. The normalized spacial score (nSPS) is 25.2. The van der Waals surface area contributed by atoms with Gasteiger partial charge in [-0.05, 0) is 66.8 Å². The standard InChI is InChI=1S/C24H20N2O6/c27-19(28)12-32-18-9-5-16(6-10-18)25-22(29)13-3-7-17(8-4-13)26-23(30)20-14-1-2-15(11-14)21(20)24(26)31/h1-10,14-15,20-21H,11-12H2,(H,25,29)(H,27,28). The number of nitrogens with one attached hydrogen (secondary N) is 1. The molecule has 0 spiro atoms. The van der Waals surface area contributed by atoms with Gasteiger partial charge in [0.1, 0.15) is 5.75 Å². The van der Waals surface area contributed by atoms with Crippen LogP contribution in [-0.4, -0.2) is 35.4 Å². The first-order valence-electron chi connectivity index (χ1n) is 10.3. The molecule has 1 heterocycles. The van der Waals surface area contributed by atoms with Gasteiger partial charge in [-0.1, -0.05) is 12.2 Å². The number of nitrogens with zero attached hydrogens (tertiary/aromatic N) is 1. The van der Waals surface area contributed by atoms with Crippen molar-refractivity contribution < 1.29 is 29.0 Å². The van der Waals surface area contributed by atoms with Crippen LogP contribution in [0, 0.1) is 23.7 Å². The molecule has 2 aromatic rings. The van der Waals surface area contributed by atoms with Crippen molar-refractivity contribution in [1.29, 1.82) is 0 Å². The van der Waals surface area contributed by atoms with Crippen LogP contribution in [0.3, 0.4) is 0 Å². The van der Waals surface area contributed by atoms with Gasteiger partial charge in [0.15, 0.2) is 6.61 Å². The van der Waals surface area contributed by atoms with Crippen molar-refractivity contribution in [2.24, 2.45) is 23.7 Å². The van der Waals surface area contributed by atoms with Gasteiger partial charge in [-0.15, -0.1) is 0 Å². The molecule has 2 N–H and O–H groups in total. The van der Waals surface area contributed by atoms with E-state index >= 15 is 0 Å². The van der Waals surface area contributed by atoms with Crippen LogP contribution in [-0.2, 0) is 14.4 Å². The molecule has 1 saturated heterocycles. The molecule has 3 amide bonds. The number of carbonyl (C=O) groups is 4. The summed E-state index contributed by atoms with van der Waals surface area (Å²) < 4.78 is 5.06. The number of carbonyl (C=O) groups excluding carboxylic acids is 3. The van der Waals surface area contributed by atoms with Crippen LogP contribution >= 0.6 is 0 Å². The summed E-state index contributed by atoms with van der Waals surface area (Å²) in [5.74, 6) is -1.58. The van der Waals surface area contributed by atoms with E-state index in [1.165, 1.54) is 4.90 Å². The van der Waals surface area contributed by atoms with Crippen molar-refractivity contribution in [1.82, 2.24) is 0 Å². The smallest absolute Gasteiger partial charge is 0.341 e. The van der Waals surface area contributed by atoms with E-state index in [4.69, 9.17) is 9.84 Å². The number of imide groups is 1. The molecule has 2 fully saturated rings. The third-order valence-electron chi connectivity index (χ3n) is 6.33. The Bertz CT molecular complexity index is 1110. The number of hydrogen-bond donors (Lipinski definition) is 2. The van der Waals surface area contributed by atoms with Gasteiger partial charge in [0.05, 0.1) is 17.5 Å². The SMILES string of the molecule is O=C(O)COc1ccc(NC(=O)c2ccc(N3C(=O)C4C5C=CC(C5)C4C3=O)cc2)cc1. The van der Waals surface area contributed by atoms with Crippen molar-refractivity contribution in [3.8, 4) is 5.75 Å². The average Bonchev–Trinajstić information content (AvgIpc) is 3.47. The van der Waals surface area contributed by atoms with Gasteiger partial charge in [0, 0.05) is 11.3 Å². The molecule has 5 rings (SSSR count). The summed E-state index contributed by atoms with van der Waals surface area (Å²) in [7, 11) is 0. The minimum atomic E-state index is -1.07. The Morgan fingerprint density at radius 3 is 2.09 bits per heavy atom. The molecule has 0 aromatic heterocycles. The largest absolute Gasteiger partial charge is 0.482 e. The van der Waals surface area contributed by atoms with Gasteiger partial charge >= 0.3 is 5.97 Å². The maximum absolute atomic E-state index is 12.9. The number of allylic oxidation sites excluding steroid dienone is 2. The Kier molecular flexibility index (Phi) is 4.77. The van der Waals surface area contributed by atoms with Gasteiger partial charge in [-0.25, -0.2) is 4.79 Å². The lowest BCUT2D eigenvalue weighted by atomic mass is 9.85. The number of anilines is 2. The monoisotopic (exact) mass is 432 g/mol. The fourth-order valence-electron chi connectivity index (χ4n) is 4.90.